The lowest BCUT2D eigenvalue weighted by atomic mass is 9.65. The van der Waals surface area contributed by atoms with Crippen molar-refractivity contribution in [3.63, 3.8) is 0 Å². The fourth-order valence-corrected chi connectivity index (χ4v) is 4.78. The zero-order valence-corrected chi connectivity index (χ0v) is 12.4. The highest BCUT2D eigenvalue weighted by Gasteiger charge is 2.48. The third-order valence-corrected chi connectivity index (χ3v) is 6.11. The number of benzene rings is 1. The molecule has 2 aliphatic carbocycles. The smallest absolute Gasteiger partial charge is 0.128 e. The van der Waals surface area contributed by atoms with Crippen molar-refractivity contribution < 1.29 is 14.2 Å². The molecule has 0 bridgehead atoms. The Morgan fingerprint density at radius 3 is 2.48 bits per heavy atom. The molecule has 3 aliphatic rings. The third-order valence-electron chi connectivity index (χ3n) is 6.11. The van der Waals surface area contributed by atoms with Gasteiger partial charge in [-0.15, -0.1) is 0 Å². The Kier molecular flexibility index (Phi) is 3.04. The van der Waals surface area contributed by atoms with Gasteiger partial charge in [0.15, 0.2) is 0 Å². The van der Waals surface area contributed by atoms with Gasteiger partial charge in [0.25, 0.3) is 0 Å². The first-order valence-electron chi connectivity index (χ1n) is 8.27. The van der Waals surface area contributed by atoms with Crippen molar-refractivity contribution in [3.05, 3.63) is 29.6 Å². The van der Waals surface area contributed by atoms with Crippen LogP contribution in [-0.2, 0) is 0 Å². The summed E-state index contributed by atoms with van der Waals surface area (Å²) in [5, 5.41) is 10.4. The van der Waals surface area contributed by atoms with Gasteiger partial charge in [0.05, 0.1) is 6.10 Å². The summed E-state index contributed by atoms with van der Waals surface area (Å²) in [6.45, 7) is 0. The maximum Gasteiger partial charge on any atom is 0.128 e. The van der Waals surface area contributed by atoms with Crippen LogP contribution >= 0.6 is 0 Å². The number of hydrogen-bond acceptors (Lipinski definition) is 2. The SMILES string of the molecule is OC1CC2(CCC3(CCCC3)CC2)Oc2cc(F)ccc21. The molecule has 3 heteroatoms. The summed E-state index contributed by atoms with van der Waals surface area (Å²) in [5.74, 6) is 0.261. The molecule has 1 aromatic carbocycles. The highest BCUT2D eigenvalue weighted by Crippen LogP contribution is 2.55. The van der Waals surface area contributed by atoms with E-state index in [4.69, 9.17) is 4.74 Å². The van der Waals surface area contributed by atoms with E-state index in [2.05, 4.69) is 0 Å². The number of hydrogen-bond donors (Lipinski definition) is 1. The molecule has 2 spiro atoms. The number of halogens is 1. The quantitative estimate of drug-likeness (QED) is 0.761. The van der Waals surface area contributed by atoms with E-state index in [0.717, 1.165) is 18.4 Å². The summed E-state index contributed by atoms with van der Waals surface area (Å²) < 4.78 is 19.7. The minimum atomic E-state index is -0.521. The molecule has 0 saturated heterocycles. The Morgan fingerprint density at radius 1 is 1.05 bits per heavy atom. The van der Waals surface area contributed by atoms with Crippen molar-refractivity contribution in [3.8, 4) is 5.75 Å². The summed E-state index contributed by atoms with van der Waals surface area (Å²) in [6, 6.07) is 4.49. The van der Waals surface area contributed by atoms with Crippen LogP contribution in [0.1, 0.15) is 69.5 Å². The summed E-state index contributed by atoms with van der Waals surface area (Å²) in [7, 11) is 0. The van der Waals surface area contributed by atoms with Crippen molar-refractivity contribution in [1.29, 1.82) is 0 Å². The van der Waals surface area contributed by atoms with Gasteiger partial charge < -0.3 is 9.84 Å². The van der Waals surface area contributed by atoms with Crippen LogP contribution in [0.5, 0.6) is 5.75 Å². The van der Waals surface area contributed by atoms with E-state index in [-0.39, 0.29) is 11.4 Å². The molecule has 21 heavy (non-hydrogen) atoms. The third kappa shape index (κ3) is 2.26. The predicted molar refractivity (Wildman–Crippen MR) is 78.7 cm³/mol. The van der Waals surface area contributed by atoms with E-state index in [9.17, 15) is 9.50 Å². The van der Waals surface area contributed by atoms with Crippen LogP contribution in [0.15, 0.2) is 18.2 Å². The van der Waals surface area contributed by atoms with Gasteiger partial charge in [0, 0.05) is 18.1 Å². The Labute approximate surface area is 125 Å². The van der Waals surface area contributed by atoms with E-state index < -0.39 is 6.10 Å². The largest absolute Gasteiger partial charge is 0.487 e. The van der Waals surface area contributed by atoms with Crippen LogP contribution in [0.4, 0.5) is 4.39 Å². The van der Waals surface area contributed by atoms with Gasteiger partial charge in [0.1, 0.15) is 17.2 Å². The van der Waals surface area contributed by atoms with Gasteiger partial charge in [-0.2, -0.15) is 0 Å². The Hall–Kier alpha value is -1.09. The molecular weight excluding hydrogens is 267 g/mol. The molecule has 114 valence electrons. The molecule has 2 fully saturated rings. The van der Waals surface area contributed by atoms with Crippen LogP contribution < -0.4 is 4.74 Å². The lowest BCUT2D eigenvalue weighted by Gasteiger charge is -2.48. The first kappa shape index (κ1) is 13.6. The first-order valence-corrected chi connectivity index (χ1v) is 8.27. The van der Waals surface area contributed by atoms with E-state index in [1.54, 1.807) is 6.07 Å². The second-order valence-electron chi connectivity index (χ2n) is 7.39. The Balaban J connectivity index is 1.57. The topological polar surface area (TPSA) is 29.5 Å². The monoisotopic (exact) mass is 290 g/mol. The minimum absolute atomic E-state index is 0.270. The van der Waals surface area contributed by atoms with Crippen LogP contribution in [0.25, 0.3) is 0 Å². The van der Waals surface area contributed by atoms with Gasteiger partial charge >= 0.3 is 0 Å². The van der Waals surface area contributed by atoms with Crippen LogP contribution in [0, 0.1) is 11.2 Å². The fraction of sp³-hybridized carbons (Fsp3) is 0.667. The van der Waals surface area contributed by atoms with Gasteiger partial charge in [-0.3, -0.25) is 0 Å². The standard InChI is InChI=1S/C18H23FO2/c19-13-3-4-14-15(20)12-18(21-16(14)11-13)9-7-17(8-10-18)5-1-2-6-17/h3-4,11,15,20H,1-2,5-10,12H2. The molecule has 1 aromatic rings. The maximum atomic E-state index is 13.5. The normalized spacial score (nSPS) is 29.3. The van der Waals surface area contributed by atoms with Gasteiger partial charge in [0.2, 0.25) is 0 Å². The second-order valence-corrected chi connectivity index (χ2v) is 7.39. The summed E-state index contributed by atoms with van der Waals surface area (Å²) in [5.41, 5.74) is 1.01. The molecule has 2 saturated carbocycles. The van der Waals surface area contributed by atoms with E-state index in [1.807, 2.05) is 0 Å². The van der Waals surface area contributed by atoms with E-state index in [0.29, 0.717) is 17.6 Å². The average molecular weight is 290 g/mol. The number of ether oxygens (including phenoxy) is 1. The molecule has 0 amide bonds. The molecule has 1 atom stereocenters. The predicted octanol–water partition coefficient (Wildman–Crippen LogP) is 4.51. The van der Waals surface area contributed by atoms with Crippen molar-refractivity contribution >= 4 is 0 Å². The molecule has 2 nitrogen and oxygen atoms in total. The van der Waals surface area contributed by atoms with E-state index >= 15 is 0 Å². The maximum absolute atomic E-state index is 13.5. The molecular formula is C18H23FO2. The second kappa shape index (κ2) is 4.70. The van der Waals surface area contributed by atoms with Gasteiger partial charge in [-0.25, -0.2) is 4.39 Å². The number of fused-ring (bicyclic) bond motifs is 1. The Bertz CT molecular complexity index is 538. The van der Waals surface area contributed by atoms with Crippen LogP contribution in [0.2, 0.25) is 0 Å². The zero-order chi connectivity index (χ0) is 14.5. The fourth-order valence-electron chi connectivity index (χ4n) is 4.78. The van der Waals surface area contributed by atoms with Crippen LogP contribution in [-0.4, -0.2) is 10.7 Å². The number of rotatable bonds is 0. The summed E-state index contributed by atoms with van der Waals surface area (Å²) in [4.78, 5) is 0. The van der Waals surface area contributed by atoms with Crippen LogP contribution in [0.3, 0.4) is 0 Å². The van der Waals surface area contributed by atoms with Crippen molar-refractivity contribution in [2.24, 2.45) is 5.41 Å². The van der Waals surface area contributed by atoms with E-state index in [1.165, 1.54) is 50.7 Å². The summed E-state index contributed by atoms with van der Waals surface area (Å²) in [6.07, 6.45) is 9.98. The summed E-state index contributed by atoms with van der Waals surface area (Å²) >= 11 is 0. The number of aliphatic hydroxyl groups is 1. The highest BCUT2D eigenvalue weighted by atomic mass is 19.1. The first-order chi connectivity index (χ1) is 10.1. The molecule has 1 N–H and O–H groups in total. The Morgan fingerprint density at radius 2 is 1.76 bits per heavy atom. The minimum Gasteiger partial charge on any atom is -0.487 e. The zero-order valence-electron chi connectivity index (χ0n) is 12.4. The van der Waals surface area contributed by atoms with Crippen molar-refractivity contribution in [2.45, 2.75) is 69.5 Å². The molecule has 0 aromatic heterocycles. The van der Waals surface area contributed by atoms with Gasteiger partial charge in [-0.05, 0) is 56.1 Å². The molecule has 1 heterocycles. The molecule has 1 aliphatic heterocycles. The average Bonchev–Trinajstić information content (AvgIpc) is 2.91. The lowest BCUT2D eigenvalue weighted by molar-refractivity contribution is -0.0624. The molecule has 1 unspecified atom stereocenters. The highest BCUT2D eigenvalue weighted by molar-refractivity contribution is 5.38. The molecule has 0 radical (unpaired) electrons. The lowest BCUT2D eigenvalue weighted by Crippen LogP contribution is -2.46. The molecule has 4 rings (SSSR count). The number of aliphatic hydroxyl groups excluding tert-OH is 1. The van der Waals surface area contributed by atoms with Crippen molar-refractivity contribution in [2.75, 3.05) is 0 Å². The van der Waals surface area contributed by atoms with Gasteiger partial charge in [-0.1, -0.05) is 12.8 Å². The van der Waals surface area contributed by atoms with Crippen molar-refractivity contribution in [1.82, 2.24) is 0 Å².